The molecular formula is C14H13ClF3NO. The summed E-state index contributed by atoms with van der Waals surface area (Å²) in [7, 11) is 0. The van der Waals surface area contributed by atoms with Crippen molar-refractivity contribution < 1.29 is 18.0 Å². The van der Waals surface area contributed by atoms with Crippen LogP contribution < -0.4 is 0 Å². The Labute approximate surface area is 119 Å². The third kappa shape index (κ3) is 2.98. The van der Waals surface area contributed by atoms with E-state index in [9.17, 15) is 18.0 Å². The van der Waals surface area contributed by atoms with Crippen molar-refractivity contribution in [1.82, 2.24) is 4.90 Å². The van der Waals surface area contributed by atoms with E-state index >= 15 is 0 Å². The minimum atomic E-state index is -4.85. The van der Waals surface area contributed by atoms with E-state index in [1.807, 2.05) is 0 Å². The van der Waals surface area contributed by atoms with Crippen LogP contribution in [0.3, 0.4) is 0 Å². The molecule has 0 aromatic heterocycles. The number of fused-ring (bicyclic) bond motifs is 1. The summed E-state index contributed by atoms with van der Waals surface area (Å²) in [4.78, 5) is 12.2. The summed E-state index contributed by atoms with van der Waals surface area (Å²) >= 11 is 5.91. The predicted octanol–water partition coefficient (Wildman–Crippen LogP) is 3.56. The molecule has 20 heavy (non-hydrogen) atoms. The average Bonchev–Trinajstić information content (AvgIpc) is 2.55. The molecule has 1 aromatic carbocycles. The Morgan fingerprint density at radius 1 is 1.45 bits per heavy atom. The van der Waals surface area contributed by atoms with E-state index in [1.165, 1.54) is 0 Å². The van der Waals surface area contributed by atoms with E-state index in [2.05, 4.69) is 6.58 Å². The lowest BCUT2D eigenvalue weighted by Crippen LogP contribution is -2.43. The van der Waals surface area contributed by atoms with Crippen LogP contribution in [-0.2, 0) is 11.2 Å². The van der Waals surface area contributed by atoms with E-state index in [0.717, 1.165) is 16.0 Å². The molecule has 0 saturated carbocycles. The van der Waals surface area contributed by atoms with E-state index in [0.29, 0.717) is 11.4 Å². The maximum Gasteiger partial charge on any atom is 0.471 e. The first-order valence-electron chi connectivity index (χ1n) is 6.10. The van der Waals surface area contributed by atoms with Gasteiger partial charge in [0.05, 0.1) is 0 Å². The molecular weight excluding hydrogens is 291 g/mol. The lowest BCUT2D eigenvalue weighted by atomic mass is 9.94. The van der Waals surface area contributed by atoms with Crippen molar-refractivity contribution in [3.05, 3.63) is 47.0 Å². The number of benzene rings is 1. The molecule has 2 rings (SSSR count). The van der Waals surface area contributed by atoms with Crippen molar-refractivity contribution in [2.75, 3.05) is 13.1 Å². The number of hydrogen-bond donors (Lipinski definition) is 0. The first-order chi connectivity index (χ1) is 9.32. The molecule has 1 atom stereocenters. The number of halogens is 4. The maximum absolute atomic E-state index is 12.6. The second-order valence-corrected chi connectivity index (χ2v) is 5.12. The van der Waals surface area contributed by atoms with Gasteiger partial charge in [-0.1, -0.05) is 23.7 Å². The summed E-state index contributed by atoms with van der Waals surface area (Å²) in [5.74, 6) is -2.13. The highest BCUT2D eigenvalue weighted by atomic mass is 35.5. The van der Waals surface area contributed by atoms with Crippen molar-refractivity contribution in [3.63, 3.8) is 0 Å². The van der Waals surface area contributed by atoms with Gasteiger partial charge in [0.15, 0.2) is 0 Å². The summed E-state index contributed by atoms with van der Waals surface area (Å²) in [5, 5.41) is 0.530. The van der Waals surface area contributed by atoms with Gasteiger partial charge >= 0.3 is 12.1 Å². The normalized spacial score (nSPS) is 19.2. The first kappa shape index (κ1) is 14.9. The van der Waals surface area contributed by atoms with Gasteiger partial charge in [-0.2, -0.15) is 13.2 Å². The summed E-state index contributed by atoms with van der Waals surface area (Å²) < 4.78 is 37.7. The Hall–Kier alpha value is -1.49. The SMILES string of the molecule is C=CC1CN(C(=O)C(F)(F)F)CCc2cc(Cl)ccc21. The number of carbonyl (C=O) groups excluding carboxylic acids is 1. The third-order valence-corrected chi connectivity index (χ3v) is 3.62. The minimum absolute atomic E-state index is 0.0174. The fourth-order valence-corrected chi connectivity index (χ4v) is 2.59. The van der Waals surface area contributed by atoms with Crippen LogP contribution in [0.5, 0.6) is 0 Å². The van der Waals surface area contributed by atoms with Gasteiger partial charge in [0.25, 0.3) is 0 Å². The lowest BCUT2D eigenvalue weighted by Gasteiger charge is -2.24. The van der Waals surface area contributed by atoms with E-state index in [1.54, 1.807) is 24.3 Å². The Morgan fingerprint density at radius 2 is 2.15 bits per heavy atom. The van der Waals surface area contributed by atoms with Crippen molar-refractivity contribution >= 4 is 17.5 Å². The van der Waals surface area contributed by atoms with Gasteiger partial charge in [0.2, 0.25) is 0 Å². The lowest BCUT2D eigenvalue weighted by molar-refractivity contribution is -0.185. The molecule has 1 amide bonds. The molecule has 0 radical (unpaired) electrons. The molecule has 0 bridgehead atoms. The number of carbonyl (C=O) groups is 1. The van der Waals surface area contributed by atoms with Crippen molar-refractivity contribution in [1.29, 1.82) is 0 Å². The highest BCUT2D eigenvalue weighted by molar-refractivity contribution is 6.30. The van der Waals surface area contributed by atoms with Gasteiger partial charge in [0, 0.05) is 24.0 Å². The highest BCUT2D eigenvalue weighted by Crippen LogP contribution is 2.30. The summed E-state index contributed by atoms with van der Waals surface area (Å²) in [6.07, 6.45) is -2.93. The molecule has 1 aromatic rings. The fourth-order valence-electron chi connectivity index (χ4n) is 2.40. The van der Waals surface area contributed by atoms with Crippen LogP contribution >= 0.6 is 11.6 Å². The second kappa shape index (κ2) is 5.48. The zero-order valence-corrected chi connectivity index (χ0v) is 11.3. The molecule has 6 heteroatoms. The smallest absolute Gasteiger partial charge is 0.334 e. The maximum atomic E-state index is 12.6. The molecule has 1 unspecified atom stereocenters. The number of hydrogen-bond acceptors (Lipinski definition) is 1. The average molecular weight is 304 g/mol. The van der Waals surface area contributed by atoms with Gasteiger partial charge in [-0.3, -0.25) is 4.79 Å². The Balaban J connectivity index is 2.32. The summed E-state index contributed by atoms with van der Waals surface area (Å²) in [6, 6.07) is 5.21. The number of nitrogens with zero attached hydrogens (tertiary/aromatic N) is 1. The zero-order chi connectivity index (χ0) is 14.9. The van der Waals surface area contributed by atoms with Crippen LogP contribution in [0.4, 0.5) is 13.2 Å². The Bertz CT molecular complexity index is 542. The van der Waals surface area contributed by atoms with Crippen LogP contribution in [0.15, 0.2) is 30.9 Å². The monoisotopic (exact) mass is 303 g/mol. The van der Waals surface area contributed by atoms with Gasteiger partial charge in [-0.25, -0.2) is 0 Å². The Morgan fingerprint density at radius 3 is 2.75 bits per heavy atom. The predicted molar refractivity (Wildman–Crippen MR) is 70.7 cm³/mol. The molecule has 1 aliphatic rings. The van der Waals surface area contributed by atoms with E-state index in [-0.39, 0.29) is 19.0 Å². The number of amides is 1. The topological polar surface area (TPSA) is 20.3 Å². The van der Waals surface area contributed by atoms with Crippen LogP contribution in [0.2, 0.25) is 5.02 Å². The van der Waals surface area contributed by atoms with Gasteiger partial charge in [0.1, 0.15) is 0 Å². The highest BCUT2D eigenvalue weighted by Gasteiger charge is 2.43. The van der Waals surface area contributed by atoms with Crippen LogP contribution in [0.25, 0.3) is 0 Å². The van der Waals surface area contributed by atoms with Crippen LogP contribution in [-0.4, -0.2) is 30.1 Å². The van der Waals surface area contributed by atoms with Gasteiger partial charge in [-0.05, 0) is 29.7 Å². The molecule has 0 aliphatic carbocycles. The molecule has 0 fully saturated rings. The van der Waals surface area contributed by atoms with E-state index < -0.39 is 12.1 Å². The van der Waals surface area contributed by atoms with Gasteiger partial charge in [-0.15, -0.1) is 6.58 Å². The summed E-state index contributed by atoms with van der Waals surface area (Å²) in [6.45, 7) is 3.66. The minimum Gasteiger partial charge on any atom is -0.334 e. The second-order valence-electron chi connectivity index (χ2n) is 4.68. The van der Waals surface area contributed by atoms with Crippen LogP contribution in [0.1, 0.15) is 17.0 Å². The quantitative estimate of drug-likeness (QED) is 0.727. The number of rotatable bonds is 1. The molecule has 1 aliphatic heterocycles. The third-order valence-electron chi connectivity index (χ3n) is 3.39. The van der Waals surface area contributed by atoms with Crippen LogP contribution in [0, 0.1) is 0 Å². The molecule has 0 saturated heterocycles. The molecule has 2 nitrogen and oxygen atoms in total. The van der Waals surface area contributed by atoms with Crippen molar-refractivity contribution in [2.24, 2.45) is 0 Å². The molecule has 0 N–H and O–H groups in total. The molecule has 108 valence electrons. The molecule has 0 spiro atoms. The summed E-state index contributed by atoms with van der Waals surface area (Å²) in [5.41, 5.74) is 1.74. The largest absolute Gasteiger partial charge is 0.471 e. The van der Waals surface area contributed by atoms with Gasteiger partial charge < -0.3 is 4.90 Å². The molecule has 1 heterocycles. The standard InChI is InChI=1S/C14H13ClF3NO/c1-2-9-8-19(13(20)14(16,17)18)6-5-10-7-11(15)3-4-12(9)10/h2-4,7,9H,1,5-6,8H2. The zero-order valence-electron chi connectivity index (χ0n) is 10.6. The van der Waals surface area contributed by atoms with E-state index in [4.69, 9.17) is 11.6 Å². The van der Waals surface area contributed by atoms with Crippen molar-refractivity contribution in [3.8, 4) is 0 Å². The van der Waals surface area contributed by atoms with Crippen molar-refractivity contribution in [2.45, 2.75) is 18.5 Å². The Kier molecular flexibility index (Phi) is 4.09. The first-order valence-corrected chi connectivity index (χ1v) is 6.47. The number of alkyl halides is 3. The fraction of sp³-hybridized carbons (Fsp3) is 0.357.